The van der Waals surface area contributed by atoms with E-state index in [1.165, 1.54) is 36.5 Å². The highest BCUT2D eigenvalue weighted by molar-refractivity contribution is 8.13. The Morgan fingerprint density at radius 1 is 1.25 bits per heavy atom. The van der Waals surface area contributed by atoms with E-state index in [-0.39, 0.29) is 17.0 Å². The lowest BCUT2D eigenvalue weighted by Crippen LogP contribution is -2.48. The molecule has 1 fully saturated rings. The molecule has 0 spiro atoms. The first-order valence-electron chi connectivity index (χ1n) is 10.2. The Balaban J connectivity index is 1.77. The number of halogens is 2. The molecule has 0 aliphatic carbocycles. The van der Waals surface area contributed by atoms with Crippen LogP contribution in [0.1, 0.15) is 32.8 Å². The zero-order valence-electron chi connectivity index (χ0n) is 18.0. The predicted molar refractivity (Wildman–Crippen MR) is 117 cm³/mol. The number of carbonyl (C=O) groups excluding carboxylic acids is 1. The van der Waals surface area contributed by atoms with Crippen LogP contribution in [0.15, 0.2) is 35.8 Å². The summed E-state index contributed by atoms with van der Waals surface area (Å²) in [6, 6.07) is 2.35. The van der Waals surface area contributed by atoms with E-state index < -0.39 is 28.9 Å². The molecular weight excluding hydrogens is 438 g/mol. The van der Waals surface area contributed by atoms with E-state index in [1.54, 1.807) is 20.8 Å². The van der Waals surface area contributed by atoms with Crippen LogP contribution in [-0.4, -0.2) is 45.8 Å². The molecule has 3 heterocycles. The Kier molecular flexibility index (Phi) is 6.17. The van der Waals surface area contributed by atoms with Crippen molar-refractivity contribution < 1.29 is 23.0 Å². The first-order chi connectivity index (χ1) is 15.2. The van der Waals surface area contributed by atoms with Crippen LogP contribution in [0.3, 0.4) is 0 Å². The molecule has 2 aliphatic heterocycles. The number of amides is 1. The number of thioether (sulfide) groups is 1. The van der Waals surface area contributed by atoms with Crippen LogP contribution >= 0.6 is 11.8 Å². The van der Waals surface area contributed by atoms with Gasteiger partial charge in [-0.2, -0.15) is 0 Å². The molecule has 4 rings (SSSR count). The fourth-order valence-corrected chi connectivity index (χ4v) is 5.05. The third-order valence-electron chi connectivity index (χ3n) is 5.35. The van der Waals surface area contributed by atoms with E-state index in [0.717, 1.165) is 6.07 Å². The van der Waals surface area contributed by atoms with Crippen molar-refractivity contribution in [3.63, 3.8) is 0 Å². The summed E-state index contributed by atoms with van der Waals surface area (Å²) in [5.74, 6) is -0.996. The normalized spacial score (nSPS) is 23.2. The number of amidine groups is 1. The van der Waals surface area contributed by atoms with E-state index >= 15 is 4.39 Å². The summed E-state index contributed by atoms with van der Waals surface area (Å²) >= 11 is 1.35. The molecule has 1 amide bonds. The fraction of sp³-hybridized carbons (Fsp3) is 0.455. The molecule has 1 unspecified atom stereocenters. The Hall–Kier alpha value is -2.59. The molecule has 10 heteroatoms. The maximum absolute atomic E-state index is 15.2. The van der Waals surface area contributed by atoms with Gasteiger partial charge in [0.05, 0.1) is 12.1 Å². The molecule has 7 nitrogen and oxygen atoms in total. The van der Waals surface area contributed by atoms with Crippen LogP contribution < -0.4 is 5.32 Å². The van der Waals surface area contributed by atoms with Gasteiger partial charge in [0, 0.05) is 59.8 Å². The number of nitrogens with one attached hydrogen (secondary N) is 1. The highest BCUT2D eigenvalue weighted by atomic mass is 32.2. The number of benzene rings is 1. The van der Waals surface area contributed by atoms with Gasteiger partial charge in [0.1, 0.15) is 23.6 Å². The standard InChI is InChI=1S/C22H24F2N4O3S/c1-21(2,3)31-20(29)27-19-28-22(4-5-30-10-14(22)11-32-19)16-6-15(17(23)7-18(16)24)13-8-25-12-26-9-13/h6-9,12,14H,4-5,10-11H2,1-3H3,(H,27,28,29)/t14?,22-/m0/s1. The first-order valence-corrected chi connectivity index (χ1v) is 11.2. The van der Waals surface area contributed by atoms with Gasteiger partial charge in [0.15, 0.2) is 5.17 Å². The summed E-state index contributed by atoms with van der Waals surface area (Å²) in [6.07, 6.45) is 4.05. The van der Waals surface area contributed by atoms with Crippen LogP contribution in [0.5, 0.6) is 0 Å². The largest absolute Gasteiger partial charge is 0.444 e. The third-order valence-corrected chi connectivity index (χ3v) is 6.38. The average molecular weight is 463 g/mol. The zero-order valence-corrected chi connectivity index (χ0v) is 18.8. The van der Waals surface area contributed by atoms with Gasteiger partial charge in [0.25, 0.3) is 0 Å². The molecule has 0 radical (unpaired) electrons. The average Bonchev–Trinajstić information content (AvgIpc) is 2.72. The number of carbonyl (C=O) groups is 1. The lowest BCUT2D eigenvalue weighted by Gasteiger charge is -2.44. The van der Waals surface area contributed by atoms with E-state index in [4.69, 9.17) is 14.5 Å². The molecule has 170 valence electrons. The van der Waals surface area contributed by atoms with E-state index in [9.17, 15) is 9.18 Å². The van der Waals surface area contributed by atoms with Gasteiger partial charge in [-0.05, 0) is 26.8 Å². The van der Waals surface area contributed by atoms with Crippen molar-refractivity contribution in [2.75, 3.05) is 19.0 Å². The number of nitrogens with zero attached hydrogens (tertiary/aromatic N) is 3. The lowest BCUT2D eigenvalue weighted by atomic mass is 9.75. The number of alkyl carbamates (subject to hydrolysis) is 1. The van der Waals surface area contributed by atoms with Crippen molar-refractivity contribution in [2.24, 2.45) is 10.9 Å². The molecule has 2 aliphatic rings. The maximum atomic E-state index is 15.2. The van der Waals surface area contributed by atoms with E-state index in [2.05, 4.69) is 15.3 Å². The number of aliphatic imine (C=N–C) groups is 1. The van der Waals surface area contributed by atoms with Crippen LogP contribution in [0.2, 0.25) is 0 Å². The zero-order chi connectivity index (χ0) is 22.9. The Morgan fingerprint density at radius 3 is 2.72 bits per heavy atom. The second-order valence-electron chi connectivity index (χ2n) is 8.74. The summed E-state index contributed by atoms with van der Waals surface area (Å²) in [5, 5.41) is 3.01. The molecule has 1 aromatic heterocycles. The van der Waals surface area contributed by atoms with Gasteiger partial charge < -0.3 is 9.47 Å². The molecule has 2 atom stereocenters. The number of fused-ring (bicyclic) bond motifs is 1. The SMILES string of the molecule is CC(C)(C)OC(=O)NC1=N[C@@]2(c3cc(-c4cncnc4)c(F)cc3F)CCOCC2CS1. The topological polar surface area (TPSA) is 85.7 Å². The third kappa shape index (κ3) is 4.61. The number of ether oxygens (including phenoxy) is 2. The van der Waals surface area contributed by atoms with E-state index in [0.29, 0.717) is 36.1 Å². The molecule has 0 saturated carbocycles. The fourth-order valence-electron chi connectivity index (χ4n) is 3.93. The second-order valence-corrected chi connectivity index (χ2v) is 9.75. The van der Waals surface area contributed by atoms with Crippen LogP contribution in [0.4, 0.5) is 13.6 Å². The molecule has 32 heavy (non-hydrogen) atoms. The van der Waals surface area contributed by atoms with E-state index in [1.807, 2.05) is 0 Å². The molecule has 1 N–H and O–H groups in total. The Bertz CT molecular complexity index is 1050. The van der Waals surface area contributed by atoms with Crippen LogP contribution in [0, 0.1) is 17.6 Å². The van der Waals surface area contributed by atoms with Crippen LogP contribution in [0.25, 0.3) is 11.1 Å². The summed E-state index contributed by atoms with van der Waals surface area (Å²) in [5.41, 5.74) is -0.784. The quantitative estimate of drug-likeness (QED) is 0.717. The minimum absolute atomic E-state index is 0.148. The Labute approximate surface area is 189 Å². The Morgan fingerprint density at radius 2 is 2.00 bits per heavy atom. The summed E-state index contributed by atoms with van der Waals surface area (Å²) < 4.78 is 40.8. The lowest BCUT2D eigenvalue weighted by molar-refractivity contribution is 0.00866. The number of aromatic nitrogens is 2. The van der Waals surface area contributed by atoms with Gasteiger partial charge in [0.2, 0.25) is 0 Å². The van der Waals surface area contributed by atoms with Crippen LogP contribution in [-0.2, 0) is 15.0 Å². The predicted octanol–water partition coefficient (Wildman–Crippen LogP) is 4.28. The highest BCUT2D eigenvalue weighted by Crippen LogP contribution is 2.47. The van der Waals surface area contributed by atoms with Gasteiger partial charge >= 0.3 is 6.09 Å². The summed E-state index contributed by atoms with van der Waals surface area (Å²) in [7, 11) is 0. The smallest absolute Gasteiger partial charge is 0.413 e. The number of hydrogen-bond donors (Lipinski definition) is 1. The summed E-state index contributed by atoms with van der Waals surface area (Å²) in [6.45, 7) is 6.05. The van der Waals surface area contributed by atoms with Crippen molar-refractivity contribution in [3.05, 3.63) is 48.1 Å². The van der Waals surface area contributed by atoms with Gasteiger partial charge in [-0.15, -0.1) is 0 Å². The minimum atomic E-state index is -1.00. The second kappa shape index (κ2) is 8.74. The number of rotatable bonds is 2. The molecular formula is C22H24F2N4O3S. The summed E-state index contributed by atoms with van der Waals surface area (Å²) in [4.78, 5) is 25.0. The monoisotopic (exact) mass is 462 g/mol. The van der Waals surface area contributed by atoms with Gasteiger partial charge in [-0.1, -0.05) is 11.8 Å². The first kappa shape index (κ1) is 22.6. The highest BCUT2D eigenvalue weighted by Gasteiger charge is 2.47. The van der Waals surface area contributed by atoms with Crippen molar-refractivity contribution in [1.82, 2.24) is 15.3 Å². The van der Waals surface area contributed by atoms with Crippen molar-refractivity contribution >= 4 is 23.0 Å². The maximum Gasteiger partial charge on any atom is 0.413 e. The van der Waals surface area contributed by atoms with Crippen molar-refractivity contribution in [2.45, 2.75) is 38.3 Å². The van der Waals surface area contributed by atoms with Crippen molar-refractivity contribution in [3.8, 4) is 11.1 Å². The molecule has 1 saturated heterocycles. The molecule has 0 bridgehead atoms. The number of hydrogen-bond acceptors (Lipinski definition) is 7. The van der Waals surface area contributed by atoms with Gasteiger partial charge in [-0.3, -0.25) is 10.3 Å². The molecule has 2 aromatic rings. The minimum Gasteiger partial charge on any atom is -0.444 e. The van der Waals surface area contributed by atoms with Crippen molar-refractivity contribution in [1.29, 1.82) is 0 Å². The molecule has 1 aromatic carbocycles. The van der Waals surface area contributed by atoms with Gasteiger partial charge in [-0.25, -0.2) is 23.5 Å².